The van der Waals surface area contributed by atoms with Gasteiger partial charge in [-0.2, -0.15) is 0 Å². The van der Waals surface area contributed by atoms with Crippen LogP contribution in [0.5, 0.6) is 0 Å². The van der Waals surface area contributed by atoms with Crippen LogP contribution in [0.2, 0.25) is 5.02 Å². The van der Waals surface area contributed by atoms with Crippen LogP contribution in [0.4, 0.5) is 0 Å². The summed E-state index contributed by atoms with van der Waals surface area (Å²) in [6.07, 6.45) is 65.9. The highest BCUT2D eigenvalue weighted by molar-refractivity contribution is 6.30. The topological polar surface area (TPSA) is 116 Å². The summed E-state index contributed by atoms with van der Waals surface area (Å²) in [6.45, 7) is 6.94. The lowest BCUT2D eigenvalue weighted by Crippen LogP contribution is -2.55. The first-order valence-electron chi connectivity index (χ1n) is 35.7. The molecule has 1 rings (SSSR count). The molecule has 0 aliphatic heterocycles. The van der Waals surface area contributed by atoms with Crippen molar-refractivity contribution >= 4 is 35.3 Å². The maximum absolute atomic E-state index is 14.4. The smallest absolute Gasteiger partial charge is 0.340 e. The lowest BCUT2D eigenvalue weighted by Gasteiger charge is -2.31. The number of Topliss-reactive ketones (excluding diaryl/α,β-unsaturated/α-hetero) is 1. The van der Waals surface area contributed by atoms with Crippen LogP contribution in [0.25, 0.3) is 0 Å². The maximum Gasteiger partial charge on any atom is 0.340 e. The van der Waals surface area contributed by atoms with Crippen LogP contribution in [-0.4, -0.2) is 54.2 Å². The van der Waals surface area contributed by atoms with Gasteiger partial charge in [0.2, 0.25) is 0 Å². The molecule has 0 aromatic heterocycles. The Morgan fingerprint density at radius 1 is 0.354 bits per heavy atom. The molecule has 2 unspecified atom stereocenters. The zero-order valence-corrected chi connectivity index (χ0v) is 54.8. The summed E-state index contributed by atoms with van der Waals surface area (Å²) in [7, 11) is 0. The predicted octanol–water partition coefficient (Wildman–Crippen LogP) is 23.0. The van der Waals surface area contributed by atoms with Crippen molar-refractivity contribution in [2.75, 3.05) is 19.8 Å². The molecule has 2 atom stereocenters. The van der Waals surface area contributed by atoms with Crippen molar-refractivity contribution in [1.82, 2.24) is 0 Å². The second-order valence-corrected chi connectivity index (χ2v) is 25.4. The number of carbonyl (C=O) groups excluding carboxylic acids is 4. The molecule has 0 heterocycles. The van der Waals surface area contributed by atoms with Gasteiger partial charge in [-0.1, -0.05) is 360 Å². The fraction of sp³-hybridized carbons (Fsp3) is 0.863. The number of benzene rings is 1. The van der Waals surface area contributed by atoms with Crippen LogP contribution in [0.3, 0.4) is 0 Å². The molecule has 0 radical (unpaired) electrons. The SMILES string of the molecule is CCCCCCCCCCCCCCCCCCCCOC(=O)CC(O)(C(=O)OCCCCCCCCCCCCCCCCCCCC)C(C(=O)OCCCCCCCCCCCCCCCCCCCC)C(=O)c1ccc(Cl)cc1. The average molecular weight is 1170 g/mol. The highest BCUT2D eigenvalue weighted by Crippen LogP contribution is 2.31. The molecule has 0 saturated heterocycles. The summed E-state index contributed by atoms with van der Waals surface area (Å²) in [5.74, 6) is -6.01. The summed E-state index contributed by atoms with van der Waals surface area (Å²) in [4.78, 5) is 56.3. The van der Waals surface area contributed by atoms with Crippen LogP contribution < -0.4 is 0 Å². The first kappa shape index (κ1) is 77.6. The maximum atomic E-state index is 14.4. The fourth-order valence-corrected chi connectivity index (χ4v) is 11.7. The van der Waals surface area contributed by atoms with E-state index in [1.165, 1.54) is 294 Å². The van der Waals surface area contributed by atoms with E-state index in [1.807, 2.05) is 0 Å². The Labute approximate surface area is 511 Å². The van der Waals surface area contributed by atoms with E-state index in [0.717, 1.165) is 57.8 Å². The first-order chi connectivity index (χ1) is 40.2. The van der Waals surface area contributed by atoms with Gasteiger partial charge in [0.25, 0.3) is 0 Å². The molecule has 0 spiro atoms. The van der Waals surface area contributed by atoms with Crippen molar-refractivity contribution in [3.8, 4) is 0 Å². The number of aliphatic hydroxyl groups is 1. The van der Waals surface area contributed by atoms with Crippen molar-refractivity contribution in [2.24, 2.45) is 5.92 Å². The van der Waals surface area contributed by atoms with Crippen LogP contribution in [0, 0.1) is 5.92 Å². The first-order valence-corrected chi connectivity index (χ1v) is 36.1. The zero-order valence-electron chi connectivity index (χ0n) is 54.1. The molecule has 0 aliphatic rings. The van der Waals surface area contributed by atoms with E-state index in [9.17, 15) is 24.3 Å². The van der Waals surface area contributed by atoms with Gasteiger partial charge in [-0.15, -0.1) is 0 Å². The van der Waals surface area contributed by atoms with Gasteiger partial charge in [0, 0.05) is 10.6 Å². The van der Waals surface area contributed by atoms with Gasteiger partial charge in [-0.3, -0.25) is 14.4 Å². The van der Waals surface area contributed by atoms with E-state index in [1.54, 1.807) is 0 Å². The zero-order chi connectivity index (χ0) is 59.5. The third kappa shape index (κ3) is 45.9. The second kappa shape index (κ2) is 58.9. The van der Waals surface area contributed by atoms with Gasteiger partial charge < -0.3 is 19.3 Å². The normalized spacial score (nSPS) is 12.6. The van der Waals surface area contributed by atoms with E-state index in [-0.39, 0.29) is 25.4 Å². The molecule has 0 saturated carbocycles. The molecule has 1 aromatic rings. The predicted molar refractivity (Wildman–Crippen MR) is 348 cm³/mol. The molecular weight excluding hydrogens is 1040 g/mol. The molecular formula is C73H131ClO8. The number of rotatable bonds is 64. The Morgan fingerprint density at radius 2 is 0.585 bits per heavy atom. The summed E-state index contributed by atoms with van der Waals surface area (Å²) < 4.78 is 17.0. The number of unbranched alkanes of at least 4 members (excludes halogenated alkanes) is 51. The van der Waals surface area contributed by atoms with Crippen LogP contribution in [-0.2, 0) is 28.6 Å². The van der Waals surface area contributed by atoms with E-state index < -0.39 is 41.6 Å². The molecule has 0 fully saturated rings. The molecule has 478 valence electrons. The minimum absolute atomic E-state index is 0.00947. The number of ketones is 1. The van der Waals surface area contributed by atoms with E-state index in [4.69, 9.17) is 25.8 Å². The monoisotopic (exact) mass is 1170 g/mol. The highest BCUT2D eigenvalue weighted by Gasteiger charge is 2.55. The Morgan fingerprint density at radius 3 is 0.854 bits per heavy atom. The quantitative estimate of drug-likeness (QED) is 0.0225. The Kier molecular flexibility index (Phi) is 55.7. The highest BCUT2D eigenvalue weighted by atomic mass is 35.5. The van der Waals surface area contributed by atoms with E-state index in [0.29, 0.717) is 24.3 Å². The third-order valence-electron chi connectivity index (χ3n) is 17.1. The number of hydrogen-bond donors (Lipinski definition) is 1. The Bertz CT molecular complexity index is 1580. The number of halogens is 1. The van der Waals surface area contributed by atoms with Crippen molar-refractivity contribution in [2.45, 2.75) is 380 Å². The van der Waals surface area contributed by atoms with Crippen LogP contribution in [0.15, 0.2) is 24.3 Å². The molecule has 0 amide bonds. The molecule has 8 nitrogen and oxygen atoms in total. The fourth-order valence-electron chi connectivity index (χ4n) is 11.6. The number of ether oxygens (including phenoxy) is 3. The molecule has 0 bridgehead atoms. The van der Waals surface area contributed by atoms with Crippen LogP contribution >= 0.6 is 11.6 Å². The lowest BCUT2D eigenvalue weighted by molar-refractivity contribution is -0.183. The average Bonchev–Trinajstić information content (AvgIpc) is 3.67. The van der Waals surface area contributed by atoms with Crippen molar-refractivity contribution in [1.29, 1.82) is 0 Å². The number of carbonyl (C=O) groups is 4. The Hall–Kier alpha value is -2.45. The van der Waals surface area contributed by atoms with E-state index >= 15 is 0 Å². The number of hydrogen-bond acceptors (Lipinski definition) is 8. The third-order valence-corrected chi connectivity index (χ3v) is 17.4. The molecule has 1 N–H and O–H groups in total. The number of esters is 3. The summed E-state index contributed by atoms with van der Waals surface area (Å²) in [6, 6.07) is 5.92. The largest absolute Gasteiger partial charge is 0.466 e. The summed E-state index contributed by atoms with van der Waals surface area (Å²) >= 11 is 6.19. The van der Waals surface area contributed by atoms with Crippen molar-refractivity contribution < 1.29 is 38.5 Å². The molecule has 1 aromatic carbocycles. The van der Waals surface area contributed by atoms with Gasteiger partial charge in [0.15, 0.2) is 17.3 Å². The lowest BCUT2D eigenvalue weighted by atomic mass is 9.79. The minimum atomic E-state index is -2.85. The molecule has 0 aliphatic carbocycles. The van der Waals surface area contributed by atoms with Crippen LogP contribution in [0.1, 0.15) is 384 Å². The minimum Gasteiger partial charge on any atom is -0.466 e. The van der Waals surface area contributed by atoms with Crippen molar-refractivity contribution in [3.05, 3.63) is 34.9 Å². The summed E-state index contributed by atoms with van der Waals surface area (Å²) in [5, 5.41) is 12.8. The van der Waals surface area contributed by atoms with Gasteiger partial charge in [-0.05, 0) is 43.5 Å². The van der Waals surface area contributed by atoms with Gasteiger partial charge >= 0.3 is 17.9 Å². The summed E-state index contributed by atoms with van der Waals surface area (Å²) in [5.41, 5.74) is -2.79. The Balaban J connectivity index is 2.70. The second-order valence-electron chi connectivity index (χ2n) is 25.0. The van der Waals surface area contributed by atoms with Gasteiger partial charge in [-0.25, -0.2) is 4.79 Å². The van der Waals surface area contributed by atoms with Gasteiger partial charge in [0.1, 0.15) is 0 Å². The molecule has 9 heteroatoms. The van der Waals surface area contributed by atoms with Crippen molar-refractivity contribution in [3.63, 3.8) is 0 Å². The standard InChI is InChI=1S/C73H131ClO8/c1-4-7-10-13-16-19-22-25-28-31-34-37-40-43-46-49-52-55-62-80-68(75)65-73(79,72(78)82-64-57-54-51-48-45-42-39-36-33-30-27-24-21-18-15-12-9-6-3)69(70(76)66-58-60-67(74)61-59-66)71(77)81-63-56-53-50-47-44-41-38-35-32-29-26-23-20-17-14-11-8-5-2/h58-61,69,79H,4-57,62-65H2,1-3H3. The van der Waals surface area contributed by atoms with E-state index in [2.05, 4.69) is 20.8 Å². The van der Waals surface area contributed by atoms with Gasteiger partial charge in [0.05, 0.1) is 26.2 Å². The molecule has 82 heavy (non-hydrogen) atoms.